The predicted molar refractivity (Wildman–Crippen MR) is 75.1 cm³/mol. The summed E-state index contributed by atoms with van der Waals surface area (Å²) >= 11 is 5.86. The molecule has 1 unspecified atom stereocenters. The first-order valence-electron chi connectivity index (χ1n) is 5.94. The second kappa shape index (κ2) is 7.85. The number of rotatable bonds is 7. The van der Waals surface area contributed by atoms with Gasteiger partial charge in [0.05, 0.1) is 10.8 Å². The summed E-state index contributed by atoms with van der Waals surface area (Å²) in [6.07, 6.45) is 0.922. The largest absolute Gasteiger partial charge is 0.316 e. The van der Waals surface area contributed by atoms with Crippen molar-refractivity contribution in [2.24, 2.45) is 5.92 Å². The summed E-state index contributed by atoms with van der Waals surface area (Å²) in [5.74, 6) is 1.35. The fraction of sp³-hybridized carbons (Fsp3) is 0.538. The molecule has 1 atom stereocenters. The predicted octanol–water partition coefficient (Wildman–Crippen LogP) is 3.08. The van der Waals surface area contributed by atoms with E-state index in [-0.39, 0.29) is 0 Å². The molecule has 0 aromatic heterocycles. The maximum absolute atomic E-state index is 11.9. The van der Waals surface area contributed by atoms with Crippen molar-refractivity contribution in [3.05, 3.63) is 29.3 Å². The first-order valence-corrected chi connectivity index (χ1v) is 7.64. The van der Waals surface area contributed by atoms with Crippen molar-refractivity contribution in [3.8, 4) is 0 Å². The van der Waals surface area contributed by atoms with E-state index in [4.69, 9.17) is 11.6 Å². The molecule has 0 aliphatic heterocycles. The molecule has 17 heavy (non-hydrogen) atoms. The van der Waals surface area contributed by atoms with E-state index in [0.717, 1.165) is 24.4 Å². The van der Waals surface area contributed by atoms with E-state index in [0.29, 0.717) is 16.7 Å². The van der Waals surface area contributed by atoms with Crippen LogP contribution < -0.4 is 5.32 Å². The summed E-state index contributed by atoms with van der Waals surface area (Å²) in [7, 11) is -0.932. The van der Waals surface area contributed by atoms with Crippen LogP contribution in [0.4, 0.5) is 0 Å². The van der Waals surface area contributed by atoms with Gasteiger partial charge in [-0.15, -0.1) is 0 Å². The standard InChI is InChI=1S/C13H20ClNOS/c1-11(2)10-15-7-4-8-17(16)13-6-3-5-12(14)9-13/h3,5-6,9,11,15H,4,7-8,10H2,1-2H3. The van der Waals surface area contributed by atoms with Gasteiger partial charge in [0, 0.05) is 15.7 Å². The molecule has 1 aromatic carbocycles. The third-order valence-corrected chi connectivity index (χ3v) is 3.97. The Hall–Kier alpha value is -0.380. The normalized spacial score (nSPS) is 12.9. The maximum Gasteiger partial charge on any atom is 0.0530 e. The van der Waals surface area contributed by atoms with Crippen LogP contribution in [0.25, 0.3) is 0 Å². The Morgan fingerprint density at radius 1 is 1.41 bits per heavy atom. The van der Waals surface area contributed by atoms with E-state index in [1.807, 2.05) is 12.1 Å². The van der Waals surface area contributed by atoms with Gasteiger partial charge in [-0.25, -0.2) is 0 Å². The summed E-state index contributed by atoms with van der Waals surface area (Å²) in [5, 5.41) is 3.99. The van der Waals surface area contributed by atoms with Gasteiger partial charge in [-0.3, -0.25) is 4.21 Å². The summed E-state index contributed by atoms with van der Waals surface area (Å²) < 4.78 is 11.9. The molecule has 0 aliphatic carbocycles. The van der Waals surface area contributed by atoms with Gasteiger partial charge >= 0.3 is 0 Å². The van der Waals surface area contributed by atoms with E-state index in [9.17, 15) is 4.21 Å². The van der Waals surface area contributed by atoms with Crippen LogP contribution in [-0.2, 0) is 10.8 Å². The summed E-state index contributed by atoms with van der Waals surface area (Å²) in [5.41, 5.74) is 0. The number of benzene rings is 1. The molecule has 0 aliphatic rings. The highest BCUT2D eigenvalue weighted by molar-refractivity contribution is 7.85. The molecule has 0 saturated heterocycles. The topological polar surface area (TPSA) is 29.1 Å². The lowest BCUT2D eigenvalue weighted by Crippen LogP contribution is -2.21. The summed E-state index contributed by atoms with van der Waals surface area (Å²) in [6.45, 7) is 6.29. The third-order valence-electron chi connectivity index (χ3n) is 2.29. The van der Waals surface area contributed by atoms with Crippen LogP contribution in [0.3, 0.4) is 0 Å². The van der Waals surface area contributed by atoms with Gasteiger partial charge in [0.2, 0.25) is 0 Å². The Kier molecular flexibility index (Phi) is 6.78. The molecule has 1 rings (SSSR count). The molecule has 1 N–H and O–H groups in total. The highest BCUT2D eigenvalue weighted by Crippen LogP contribution is 2.14. The van der Waals surface area contributed by atoms with E-state index in [2.05, 4.69) is 19.2 Å². The zero-order chi connectivity index (χ0) is 12.7. The lowest BCUT2D eigenvalue weighted by atomic mass is 10.2. The molecular weight excluding hydrogens is 254 g/mol. The first-order chi connectivity index (χ1) is 8.09. The highest BCUT2D eigenvalue weighted by atomic mass is 35.5. The van der Waals surface area contributed by atoms with Gasteiger partial charge in [0.1, 0.15) is 0 Å². The Labute approximate surface area is 111 Å². The maximum atomic E-state index is 11.9. The lowest BCUT2D eigenvalue weighted by Gasteiger charge is -2.07. The third kappa shape index (κ3) is 6.20. The van der Waals surface area contributed by atoms with E-state index >= 15 is 0 Å². The van der Waals surface area contributed by atoms with Crippen LogP contribution in [0.1, 0.15) is 20.3 Å². The zero-order valence-electron chi connectivity index (χ0n) is 10.4. The van der Waals surface area contributed by atoms with Crippen LogP contribution in [0.2, 0.25) is 5.02 Å². The second-order valence-corrected chi connectivity index (χ2v) is 6.47. The molecule has 0 radical (unpaired) electrons. The Morgan fingerprint density at radius 2 is 2.18 bits per heavy atom. The van der Waals surface area contributed by atoms with Crippen molar-refractivity contribution >= 4 is 22.4 Å². The molecule has 4 heteroatoms. The van der Waals surface area contributed by atoms with Gasteiger partial charge in [0.15, 0.2) is 0 Å². The molecule has 0 amide bonds. The van der Waals surface area contributed by atoms with Crippen molar-refractivity contribution in [1.29, 1.82) is 0 Å². The lowest BCUT2D eigenvalue weighted by molar-refractivity contribution is 0.550. The minimum absolute atomic E-state index is 0.647. The fourth-order valence-corrected chi connectivity index (χ4v) is 2.83. The fourth-order valence-electron chi connectivity index (χ4n) is 1.45. The SMILES string of the molecule is CC(C)CNCCCS(=O)c1cccc(Cl)c1. The summed E-state index contributed by atoms with van der Waals surface area (Å²) in [4.78, 5) is 0.821. The van der Waals surface area contributed by atoms with Crippen LogP contribution in [0.15, 0.2) is 29.2 Å². The van der Waals surface area contributed by atoms with Crippen molar-refractivity contribution < 1.29 is 4.21 Å². The summed E-state index contributed by atoms with van der Waals surface area (Å²) in [6, 6.07) is 7.28. The van der Waals surface area contributed by atoms with E-state index in [1.54, 1.807) is 12.1 Å². The molecule has 96 valence electrons. The van der Waals surface area contributed by atoms with E-state index < -0.39 is 10.8 Å². The number of hydrogen-bond acceptors (Lipinski definition) is 2. The average Bonchev–Trinajstić information content (AvgIpc) is 2.28. The smallest absolute Gasteiger partial charge is 0.0530 e. The van der Waals surface area contributed by atoms with Crippen LogP contribution in [0.5, 0.6) is 0 Å². The number of halogens is 1. The molecule has 0 saturated carbocycles. The first kappa shape index (κ1) is 14.7. The van der Waals surface area contributed by atoms with Crippen molar-refractivity contribution in [2.75, 3.05) is 18.8 Å². The minimum atomic E-state index is -0.932. The Bertz CT molecular complexity index is 368. The number of hydrogen-bond donors (Lipinski definition) is 1. The molecule has 0 fully saturated rings. The van der Waals surface area contributed by atoms with Gasteiger partial charge in [-0.05, 0) is 43.6 Å². The van der Waals surface area contributed by atoms with Crippen LogP contribution in [0, 0.1) is 5.92 Å². The Morgan fingerprint density at radius 3 is 2.82 bits per heavy atom. The van der Waals surface area contributed by atoms with Crippen LogP contribution in [-0.4, -0.2) is 23.1 Å². The van der Waals surface area contributed by atoms with Crippen molar-refractivity contribution in [1.82, 2.24) is 5.32 Å². The molecule has 0 spiro atoms. The quantitative estimate of drug-likeness (QED) is 0.774. The molecular formula is C13H20ClNOS. The van der Waals surface area contributed by atoms with Crippen molar-refractivity contribution in [3.63, 3.8) is 0 Å². The Balaban J connectivity index is 2.26. The van der Waals surface area contributed by atoms with Gasteiger partial charge in [-0.2, -0.15) is 0 Å². The average molecular weight is 274 g/mol. The highest BCUT2D eigenvalue weighted by Gasteiger charge is 2.03. The van der Waals surface area contributed by atoms with Gasteiger partial charge in [-0.1, -0.05) is 31.5 Å². The van der Waals surface area contributed by atoms with Crippen molar-refractivity contribution in [2.45, 2.75) is 25.2 Å². The van der Waals surface area contributed by atoms with E-state index in [1.165, 1.54) is 0 Å². The molecule has 2 nitrogen and oxygen atoms in total. The van der Waals surface area contributed by atoms with Crippen LogP contribution >= 0.6 is 11.6 Å². The van der Waals surface area contributed by atoms with Gasteiger partial charge in [0.25, 0.3) is 0 Å². The van der Waals surface area contributed by atoms with Gasteiger partial charge < -0.3 is 5.32 Å². The second-order valence-electron chi connectivity index (χ2n) is 4.46. The zero-order valence-corrected chi connectivity index (χ0v) is 12.0. The molecule has 0 heterocycles. The monoisotopic (exact) mass is 273 g/mol. The molecule has 0 bridgehead atoms. The number of nitrogens with one attached hydrogen (secondary N) is 1. The molecule has 1 aromatic rings. The minimum Gasteiger partial charge on any atom is -0.316 e.